The summed E-state index contributed by atoms with van der Waals surface area (Å²) in [6.07, 6.45) is 0.694. The lowest BCUT2D eigenvalue weighted by Crippen LogP contribution is -2.22. The number of hydrogen-bond acceptors (Lipinski definition) is 15. The zero-order valence-corrected chi connectivity index (χ0v) is 45.9. The van der Waals surface area contributed by atoms with Gasteiger partial charge in [-0.3, -0.25) is 9.13 Å². The van der Waals surface area contributed by atoms with E-state index in [1.807, 2.05) is 105 Å². The number of hydrogen-bond donors (Lipinski definition) is 1. The quantitative estimate of drug-likeness (QED) is 0.0265. The third-order valence-corrected chi connectivity index (χ3v) is 15.5. The molecule has 15 nitrogen and oxygen atoms in total. The predicted molar refractivity (Wildman–Crippen MR) is 297 cm³/mol. The van der Waals surface area contributed by atoms with Gasteiger partial charge < -0.3 is 52.0 Å². The molecule has 0 fully saturated rings. The van der Waals surface area contributed by atoms with Crippen molar-refractivity contribution in [1.29, 1.82) is 0 Å². The van der Waals surface area contributed by atoms with Gasteiger partial charge in [0.1, 0.15) is 35.6 Å². The number of methoxy groups -OCH3 is 2. The molecule has 0 amide bonds. The Hall–Kier alpha value is -6.00. The maximum atomic E-state index is 14.0. The molecule has 0 spiro atoms. The molecule has 0 aliphatic carbocycles. The van der Waals surface area contributed by atoms with Crippen LogP contribution in [0.25, 0.3) is 0 Å². The van der Waals surface area contributed by atoms with Gasteiger partial charge >= 0.3 is 0 Å². The minimum atomic E-state index is -3.45. The SMILES string of the molecule is CCOP(=O)(c1ccccc1)c1cc(C#Cc2ccc(OCCOCCOCCOC)cc2)cc(CC)n1.CCOP(=O)(c1ccccc1)c1cc(C#Cc2ccc(OCCOCCOCCOC)cc2)cc(CO)n1. The number of aliphatic hydroxyl groups is 1. The van der Waals surface area contributed by atoms with E-state index in [4.69, 9.17) is 46.9 Å². The van der Waals surface area contributed by atoms with Crippen molar-refractivity contribution in [2.75, 3.05) is 107 Å². The Morgan fingerprint density at radius 1 is 0.434 bits per heavy atom. The fraction of sp³-hybridized carbons (Fsp3) is 0.356. The second-order valence-corrected chi connectivity index (χ2v) is 20.9. The highest BCUT2D eigenvalue weighted by Gasteiger charge is 2.32. The lowest BCUT2D eigenvalue weighted by Gasteiger charge is -2.18. The average Bonchev–Trinajstić information content (AvgIpc) is 3.46. The molecule has 0 aliphatic rings. The van der Waals surface area contributed by atoms with E-state index >= 15 is 0 Å². The van der Waals surface area contributed by atoms with Crippen LogP contribution in [-0.4, -0.2) is 122 Å². The first-order chi connectivity index (χ1) is 37.2. The molecular weight excluding hydrogens is 1010 g/mol. The molecule has 0 aliphatic heterocycles. The topological polar surface area (TPSA) is 172 Å². The van der Waals surface area contributed by atoms with Crippen LogP contribution in [0.4, 0.5) is 0 Å². The van der Waals surface area contributed by atoms with Crippen molar-refractivity contribution >= 4 is 36.2 Å². The van der Waals surface area contributed by atoms with Crippen LogP contribution in [-0.2, 0) is 59.6 Å². The second-order valence-electron chi connectivity index (χ2n) is 16.2. The van der Waals surface area contributed by atoms with Crippen LogP contribution in [0.15, 0.2) is 133 Å². The first-order valence-electron chi connectivity index (χ1n) is 25.2. The van der Waals surface area contributed by atoms with Gasteiger partial charge in [-0.2, -0.15) is 0 Å². The number of aromatic nitrogens is 2. The normalized spacial score (nSPS) is 12.4. The van der Waals surface area contributed by atoms with E-state index in [-0.39, 0.29) is 18.6 Å². The monoisotopic (exact) mass is 1080 g/mol. The van der Waals surface area contributed by atoms with Crippen LogP contribution < -0.4 is 31.0 Å². The van der Waals surface area contributed by atoms with Gasteiger partial charge in [-0.15, -0.1) is 0 Å². The van der Waals surface area contributed by atoms with Crippen molar-refractivity contribution in [3.63, 3.8) is 0 Å². The minimum absolute atomic E-state index is 0.252. The third kappa shape index (κ3) is 20.5. The molecule has 4 aromatic carbocycles. The van der Waals surface area contributed by atoms with Gasteiger partial charge in [0.15, 0.2) is 0 Å². The molecule has 2 unspecified atom stereocenters. The molecule has 0 saturated carbocycles. The summed E-state index contributed by atoms with van der Waals surface area (Å²) in [5, 5.41) is 10.9. The Kier molecular flexibility index (Phi) is 27.7. The first kappa shape index (κ1) is 60.9. The Morgan fingerprint density at radius 2 is 0.789 bits per heavy atom. The number of aryl methyl sites for hydroxylation is 1. The summed E-state index contributed by atoms with van der Waals surface area (Å²) in [5.74, 6) is 14.0. The third-order valence-electron chi connectivity index (χ3n) is 10.7. The van der Waals surface area contributed by atoms with Crippen LogP contribution in [0.1, 0.15) is 54.4 Å². The van der Waals surface area contributed by atoms with Crippen molar-refractivity contribution in [2.24, 2.45) is 0 Å². The van der Waals surface area contributed by atoms with E-state index in [2.05, 4.69) is 33.6 Å². The van der Waals surface area contributed by atoms with Crippen LogP contribution in [0.3, 0.4) is 0 Å². The first-order valence-corrected chi connectivity index (χ1v) is 28.5. The number of aliphatic hydroxyl groups excluding tert-OH is 1. The number of nitrogens with zero attached hydrogens (tertiary/aromatic N) is 2. The molecule has 0 radical (unpaired) electrons. The minimum Gasteiger partial charge on any atom is -0.491 e. The van der Waals surface area contributed by atoms with Crippen molar-refractivity contribution in [2.45, 2.75) is 33.8 Å². The second kappa shape index (κ2) is 34.6. The maximum Gasteiger partial charge on any atom is 0.279 e. The summed E-state index contributed by atoms with van der Waals surface area (Å²) in [7, 11) is -3.50. The Balaban J connectivity index is 0.000000281. The molecule has 76 heavy (non-hydrogen) atoms. The van der Waals surface area contributed by atoms with Crippen LogP contribution in [0.5, 0.6) is 11.5 Å². The molecular formula is C59H70N2O13P2. The highest BCUT2D eigenvalue weighted by Crippen LogP contribution is 2.45. The van der Waals surface area contributed by atoms with Gasteiger partial charge in [0.2, 0.25) is 0 Å². The Labute approximate surface area is 448 Å². The van der Waals surface area contributed by atoms with Crippen molar-refractivity contribution < 1.29 is 61.2 Å². The van der Waals surface area contributed by atoms with Gasteiger partial charge in [-0.1, -0.05) is 67.0 Å². The van der Waals surface area contributed by atoms with E-state index in [1.165, 1.54) is 0 Å². The largest absolute Gasteiger partial charge is 0.491 e. The average molecular weight is 1080 g/mol. The molecule has 17 heteroatoms. The summed E-state index contributed by atoms with van der Waals surface area (Å²) < 4.78 is 82.3. The van der Waals surface area contributed by atoms with Crippen LogP contribution >= 0.6 is 14.7 Å². The number of benzene rings is 4. The Morgan fingerprint density at radius 3 is 1.16 bits per heavy atom. The molecule has 0 bridgehead atoms. The molecule has 0 saturated heterocycles. The van der Waals surface area contributed by atoms with E-state index in [0.717, 1.165) is 28.1 Å². The number of pyridine rings is 2. The summed E-state index contributed by atoms with van der Waals surface area (Å²) in [6, 6.07) is 40.2. The number of rotatable bonds is 30. The van der Waals surface area contributed by atoms with E-state index in [1.54, 1.807) is 63.6 Å². The van der Waals surface area contributed by atoms with Crippen LogP contribution in [0.2, 0.25) is 0 Å². The summed E-state index contributed by atoms with van der Waals surface area (Å²) in [6.45, 7) is 12.0. The van der Waals surface area contributed by atoms with Gasteiger partial charge in [-0.05, 0) is 117 Å². The molecule has 2 aromatic heterocycles. The lowest BCUT2D eigenvalue weighted by atomic mass is 10.1. The smallest absolute Gasteiger partial charge is 0.279 e. The van der Waals surface area contributed by atoms with Crippen molar-refractivity contribution in [1.82, 2.24) is 9.97 Å². The van der Waals surface area contributed by atoms with Crippen molar-refractivity contribution in [3.8, 4) is 35.2 Å². The fourth-order valence-corrected chi connectivity index (χ4v) is 11.0. The molecule has 2 atom stereocenters. The highest BCUT2D eigenvalue weighted by molar-refractivity contribution is 7.74. The van der Waals surface area contributed by atoms with E-state index in [0.29, 0.717) is 125 Å². The predicted octanol–water partition coefficient (Wildman–Crippen LogP) is 7.67. The fourth-order valence-electron chi connectivity index (χ4n) is 6.93. The zero-order valence-electron chi connectivity index (χ0n) is 44.2. The standard InChI is InChI=1S/C30H36NO6P.C29H34NO7P/c1-4-27-23-26(24-30(31-27)38(32,37-5-2)29-9-7-6-8-10-29)12-11-25-13-15-28(16-14-25)36-22-21-35-20-19-34-18-17-33-3;1-3-37-38(32,28-7-5-4-6-8-28)29-22-25(21-26(23-31)30-29)10-9-24-11-13-27(14-12-24)36-20-19-35-18-17-34-16-15-33-2/h6-10,13-16,23-24H,4-5,17-22H2,1-3H3;4-8,11-14,21-22,31H,3,15-20,23H2,1-2H3. The Bertz CT molecular complexity index is 2640. The summed E-state index contributed by atoms with van der Waals surface area (Å²) >= 11 is 0. The lowest BCUT2D eigenvalue weighted by molar-refractivity contribution is 0.0180. The summed E-state index contributed by atoms with van der Waals surface area (Å²) in [5.41, 5.74) is 4.81. The molecule has 404 valence electrons. The molecule has 6 rings (SSSR count). The van der Waals surface area contributed by atoms with Crippen LogP contribution in [0, 0.1) is 23.7 Å². The number of ether oxygens (including phenoxy) is 8. The molecule has 1 N–H and O–H groups in total. The molecule has 2 heterocycles. The maximum absolute atomic E-state index is 14.0. The van der Waals surface area contributed by atoms with Crippen molar-refractivity contribution in [3.05, 3.63) is 167 Å². The van der Waals surface area contributed by atoms with Gasteiger partial charge in [0.25, 0.3) is 14.7 Å². The van der Waals surface area contributed by atoms with Gasteiger partial charge in [0, 0.05) is 52.8 Å². The summed E-state index contributed by atoms with van der Waals surface area (Å²) in [4.78, 5) is 9.06. The highest BCUT2D eigenvalue weighted by atomic mass is 31.2. The molecule has 6 aromatic rings. The van der Waals surface area contributed by atoms with E-state index in [9.17, 15) is 14.2 Å². The van der Waals surface area contributed by atoms with Gasteiger partial charge in [-0.25, -0.2) is 9.97 Å². The zero-order chi connectivity index (χ0) is 54.1. The van der Waals surface area contributed by atoms with E-state index < -0.39 is 14.7 Å². The van der Waals surface area contributed by atoms with Gasteiger partial charge in [0.05, 0.1) is 91.6 Å².